The average Bonchev–Trinajstić information content (AvgIpc) is 2.78. The quantitative estimate of drug-likeness (QED) is 0.493. The van der Waals surface area contributed by atoms with Crippen molar-refractivity contribution in [2.24, 2.45) is 17.3 Å². The molecule has 82 valence electrons. The molecule has 2 fully saturated rings. The number of rotatable bonds is 5. The van der Waals surface area contributed by atoms with Gasteiger partial charge in [0, 0.05) is 5.33 Å². The van der Waals surface area contributed by atoms with Crippen LogP contribution < -0.4 is 0 Å². The SMILES string of the molecule is CCCCCC1(CBr)CC2CCC1C2. The van der Waals surface area contributed by atoms with Crippen LogP contribution in [0.5, 0.6) is 0 Å². The molecule has 0 nitrogen and oxygen atoms in total. The third-order valence-electron chi connectivity index (χ3n) is 4.65. The van der Waals surface area contributed by atoms with Gasteiger partial charge in [0.1, 0.15) is 0 Å². The molecule has 2 bridgehead atoms. The Bertz CT molecular complexity index is 190. The summed E-state index contributed by atoms with van der Waals surface area (Å²) in [5.41, 5.74) is 0.720. The molecule has 1 heteroatoms. The van der Waals surface area contributed by atoms with Gasteiger partial charge in [-0.1, -0.05) is 48.5 Å². The Morgan fingerprint density at radius 2 is 2.14 bits per heavy atom. The molecule has 3 unspecified atom stereocenters. The molecule has 2 saturated carbocycles. The number of hydrogen-bond acceptors (Lipinski definition) is 0. The highest BCUT2D eigenvalue weighted by Crippen LogP contribution is 2.58. The van der Waals surface area contributed by atoms with Crippen molar-refractivity contribution in [2.75, 3.05) is 5.33 Å². The Labute approximate surface area is 97.0 Å². The van der Waals surface area contributed by atoms with Gasteiger partial charge in [-0.15, -0.1) is 0 Å². The minimum Gasteiger partial charge on any atom is -0.0922 e. The highest BCUT2D eigenvalue weighted by molar-refractivity contribution is 9.09. The molecule has 0 N–H and O–H groups in total. The van der Waals surface area contributed by atoms with Gasteiger partial charge in [-0.2, -0.15) is 0 Å². The zero-order chi connectivity index (χ0) is 10.0. The van der Waals surface area contributed by atoms with Crippen LogP contribution >= 0.6 is 15.9 Å². The van der Waals surface area contributed by atoms with Gasteiger partial charge < -0.3 is 0 Å². The molecule has 0 spiro atoms. The number of alkyl halides is 1. The van der Waals surface area contributed by atoms with Crippen LogP contribution in [0.3, 0.4) is 0 Å². The molecule has 2 aliphatic carbocycles. The molecule has 0 radical (unpaired) electrons. The van der Waals surface area contributed by atoms with Gasteiger partial charge in [0.15, 0.2) is 0 Å². The van der Waals surface area contributed by atoms with Crippen LogP contribution in [-0.2, 0) is 0 Å². The lowest BCUT2D eigenvalue weighted by molar-refractivity contribution is 0.176. The largest absolute Gasteiger partial charge is 0.0922 e. The maximum absolute atomic E-state index is 3.79. The molecule has 2 aliphatic rings. The first-order valence-electron chi connectivity index (χ1n) is 6.36. The first kappa shape index (κ1) is 11.0. The highest BCUT2D eigenvalue weighted by atomic mass is 79.9. The summed E-state index contributed by atoms with van der Waals surface area (Å²) < 4.78 is 0. The van der Waals surface area contributed by atoms with Crippen molar-refractivity contribution < 1.29 is 0 Å². The maximum atomic E-state index is 3.79. The second-order valence-electron chi connectivity index (χ2n) is 5.53. The summed E-state index contributed by atoms with van der Waals surface area (Å²) in [5, 5.41) is 1.27. The topological polar surface area (TPSA) is 0 Å². The van der Waals surface area contributed by atoms with Gasteiger partial charge >= 0.3 is 0 Å². The fourth-order valence-electron chi connectivity index (χ4n) is 3.82. The number of fused-ring (bicyclic) bond motifs is 2. The summed E-state index contributed by atoms with van der Waals surface area (Å²) in [6.07, 6.45) is 11.9. The smallest absolute Gasteiger partial charge is 0.00907 e. The van der Waals surface area contributed by atoms with E-state index in [-0.39, 0.29) is 0 Å². The maximum Gasteiger partial charge on any atom is 0.00907 e. The van der Waals surface area contributed by atoms with E-state index >= 15 is 0 Å². The number of hydrogen-bond donors (Lipinski definition) is 0. The molecule has 3 atom stereocenters. The fourth-order valence-corrected chi connectivity index (χ4v) is 4.79. The predicted molar refractivity (Wildman–Crippen MR) is 65.8 cm³/mol. The standard InChI is InChI=1S/C13H23Br/c1-2-3-4-7-13(10-14)9-11-5-6-12(13)8-11/h11-12H,2-10H2,1H3. The summed E-state index contributed by atoms with van der Waals surface area (Å²) >= 11 is 3.79. The zero-order valence-corrected chi connectivity index (χ0v) is 11.0. The van der Waals surface area contributed by atoms with Crippen molar-refractivity contribution in [1.82, 2.24) is 0 Å². The zero-order valence-electron chi connectivity index (χ0n) is 9.40. The van der Waals surface area contributed by atoms with E-state index in [4.69, 9.17) is 0 Å². The lowest BCUT2D eigenvalue weighted by Crippen LogP contribution is -2.29. The number of unbranched alkanes of at least 4 members (excludes halogenated alkanes) is 2. The van der Waals surface area contributed by atoms with E-state index in [9.17, 15) is 0 Å². The molecule has 0 amide bonds. The Kier molecular flexibility index (Phi) is 3.57. The monoisotopic (exact) mass is 258 g/mol. The predicted octanol–water partition coefficient (Wildman–Crippen LogP) is 4.77. The van der Waals surface area contributed by atoms with Crippen LogP contribution in [-0.4, -0.2) is 5.33 Å². The number of halogens is 1. The van der Waals surface area contributed by atoms with Gasteiger partial charge in [-0.3, -0.25) is 0 Å². The molecule has 0 aromatic carbocycles. The van der Waals surface area contributed by atoms with E-state index in [1.165, 1.54) is 50.3 Å². The summed E-state index contributed by atoms with van der Waals surface area (Å²) in [7, 11) is 0. The molecule has 14 heavy (non-hydrogen) atoms. The van der Waals surface area contributed by atoms with Crippen LogP contribution in [0.25, 0.3) is 0 Å². The van der Waals surface area contributed by atoms with Crippen molar-refractivity contribution in [3.63, 3.8) is 0 Å². The molecule has 0 aliphatic heterocycles. The molecule has 0 aromatic heterocycles. The van der Waals surface area contributed by atoms with Gasteiger partial charge in [-0.05, 0) is 42.9 Å². The van der Waals surface area contributed by atoms with Crippen LogP contribution in [0.1, 0.15) is 58.3 Å². The molecular formula is C13H23Br. The van der Waals surface area contributed by atoms with E-state index in [0.29, 0.717) is 0 Å². The van der Waals surface area contributed by atoms with E-state index in [1.807, 2.05) is 0 Å². The Morgan fingerprint density at radius 3 is 2.64 bits per heavy atom. The Balaban J connectivity index is 1.90. The van der Waals surface area contributed by atoms with Gasteiger partial charge in [0.25, 0.3) is 0 Å². The van der Waals surface area contributed by atoms with Gasteiger partial charge in [-0.25, -0.2) is 0 Å². The lowest BCUT2D eigenvalue weighted by atomic mass is 9.71. The summed E-state index contributed by atoms with van der Waals surface area (Å²) in [4.78, 5) is 0. The Morgan fingerprint density at radius 1 is 1.29 bits per heavy atom. The van der Waals surface area contributed by atoms with Crippen LogP contribution in [0.2, 0.25) is 0 Å². The van der Waals surface area contributed by atoms with Gasteiger partial charge in [0.2, 0.25) is 0 Å². The minimum absolute atomic E-state index is 0.720. The average molecular weight is 259 g/mol. The lowest BCUT2D eigenvalue weighted by Gasteiger charge is -2.36. The van der Waals surface area contributed by atoms with Crippen molar-refractivity contribution in [3.05, 3.63) is 0 Å². The fraction of sp³-hybridized carbons (Fsp3) is 1.00. The van der Waals surface area contributed by atoms with E-state index in [2.05, 4.69) is 22.9 Å². The summed E-state index contributed by atoms with van der Waals surface area (Å²) in [6, 6.07) is 0. The van der Waals surface area contributed by atoms with Crippen molar-refractivity contribution >= 4 is 15.9 Å². The normalized spacial score (nSPS) is 40.7. The first-order valence-corrected chi connectivity index (χ1v) is 7.49. The summed E-state index contributed by atoms with van der Waals surface area (Å²) in [5.74, 6) is 2.17. The summed E-state index contributed by atoms with van der Waals surface area (Å²) in [6.45, 7) is 2.31. The van der Waals surface area contributed by atoms with E-state index in [1.54, 1.807) is 6.42 Å². The second-order valence-corrected chi connectivity index (χ2v) is 6.09. The van der Waals surface area contributed by atoms with E-state index in [0.717, 1.165) is 17.3 Å². The molecule has 0 aromatic rings. The Hall–Kier alpha value is 0.480. The molecule has 0 saturated heterocycles. The van der Waals surface area contributed by atoms with Crippen molar-refractivity contribution in [3.8, 4) is 0 Å². The van der Waals surface area contributed by atoms with Crippen LogP contribution in [0, 0.1) is 17.3 Å². The van der Waals surface area contributed by atoms with Crippen LogP contribution in [0.15, 0.2) is 0 Å². The molecule has 2 rings (SSSR count). The molecule has 0 heterocycles. The minimum atomic E-state index is 0.720. The first-order chi connectivity index (χ1) is 6.80. The van der Waals surface area contributed by atoms with Crippen molar-refractivity contribution in [2.45, 2.75) is 58.3 Å². The second kappa shape index (κ2) is 4.55. The third-order valence-corrected chi connectivity index (χ3v) is 5.76. The van der Waals surface area contributed by atoms with Crippen molar-refractivity contribution in [1.29, 1.82) is 0 Å². The van der Waals surface area contributed by atoms with Gasteiger partial charge in [0.05, 0.1) is 0 Å². The third kappa shape index (κ3) is 1.89. The highest BCUT2D eigenvalue weighted by Gasteiger charge is 2.49. The van der Waals surface area contributed by atoms with Crippen LogP contribution in [0.4, 0.5) is 0 Å². The van der Waals surface area contributed by atoms with E-state index < -0.39 is 0 Å². The molecular weight excluding hydrogens is 236 g/mol.